The van der Waals surface area contributed by atoms with Crippen molar-refractivity contribution in [3.63, 3.8) is 0 Å². The SMILES string of the molecule is CC1(C)CC2CC(=O)CC1[C@@H]2C(=O)c1ccccc1. The summed E-state index contributed by atoms with van der Waals surface area (Å²) in [4.78, 5) is 24.5. The highest BCUT2D eigenvalue weighted by molar-refractivity contribution is 5.99. The molecule has 1 aromatic rings. The number of rotatable bonds is 2. The quantitative estimate of drug-likeness (QED) is 0.759. The smallest absolute Gasteiger partial charge is 0.166 e. The second kappa shape index (κ2) is 4.29. The summed E-state index contributed by atoms with van der Waals surface area (Å²) in [5.74, 6) is 1.13. The van der Waals surface area contributed by atoms with Crippen LogP contribution in [0.25, 0.3) is 0 Å². The molecule has 0 amide bonds. The third-order valence-corrected chi connectivity index (χ3v) is 5.03. The van der Waals surface area contributed by atoms with Crippen molar-refractivity contribution < 1.29 is 9.59 Å². The molecule has 3 rings (SSSR count). The van der Waals surface area contributed by atoms with Crippen molar-refractivity contribution in [2.45, 2.75) is 33.1 Å². The lowest BCUT2D eigenvalue weighted by Gasteiger charge is -2.32. The van der Waals surface area contributed by atoms with E-state index >= 15 is 0 Å². The third-order valence-electron chi connectivity index (χ3n) is 5.03. The number of ketones is 2. The number of hydrogen-bond donors (Lipinski definition) is 0. The molecule has 0 saturated heterocycles. The minimum absolute atomic E-state index is 0.0510. The number of carbonyl (C=O) groups is 2. The number of fused-ring (bicyclic) bond motifs is 2. The third kappa shape index (κ3) is 2.03. The van der Waals surface area contributed by atoms with Crippen LogP contribution in [0.5, 0.6) is 0 Å². The van der Waals surface area contributed by atoms with Gasteiger partial charge in [0.25, 0.3) is 0 Å². The molecule has 0 heterocycles. The van der Waals surface area contributed by atoms with E-state index in [-0.39, 0.29) is 29.0 Å². The van der Waals surface area contributed by atoms with Gasteiger partial charge >= 0.3 is 0 Å². The summed E-state index contributed by atoms with van der Waals surface area (Å²) >= 11 is 0. The average Bonchev–Trinajstić information content (AvgIpc) is 2.53. The lowest BCUT2D eigenvalue weighted by molar-refractivity contribution is -0.123. The predicted molar refractivity (Wildman–Crippen MR) is 73.9 cm³/mol. The molecule has 1 aromatic carbocycles. The van der Waals surface area contributed by atoms with Crippen molar-refractivity contribution in [2.75, 3.05) is 0 Å². The van der Waals surface area contributed by atoms with Gasteiger partial charge in [-0.15, -0.1) is 0 Å². The first-order valence-electron chi connectivity index (χ1n) is 7.10. The predicted octanol–water partition coefficient (Wildman–Crippen LogP) is 3.51. The molecule has 2 saturated carbocycles. The van der Waals surface area contributed by atoms with Crippen molar-refractivity contribution >= 4 is 11.6 Å². The van der Waals surface area contributed by atoms with Crippen LogP contribution in [0.2, 0.25) is 0 Å². The van der Waals surface area contributed by atoms with Crippen LogP contribution in [0.3, 0.4) is 0 Å². The van der Waals surface area contributed by atoms with Crippen molar-refractivity contribution in [3.8, 4) is 0 Å². The molecule has 3 atom stereocenters. The zero-order valence-corrected chi connectivity index (χ0v) is 11.6. The topological polar surface area (TPSA) is 34.1 Å². The van der Waals surface area contributed by atoms with Crippen LogP contribution in [0.1, 0.15) is 43.5 Å². The van der Waals surface area contributed by atoms with Gasteiger partial charge in [-0.2, -0.15) is 0 Å². The monoisotopic (exact) mass is 256 g/mol. The summed E-state index contributed by atoms with van der Waals surface area (Å²) in [6.07, 6.45) is 2.20. The molecule has 0 N–H and O–H groups in total. The summed E-state index contributed by atoms with van der Waals surface area (Å²) in [6.45, 7) is 4.42. The number of carbonyl (C=O) groups excluding carboxylic acids is 2. The Hall–Kier alpha value is -1.44. The van der Waals surface area contributed by atoms with Crippen LogP contribution in [-0.2, 0) is 4.79 Å². The maximum Gasteiger partial charge on any atom is 0.166 e. The molecule has 2 fully saturated rings. The lowest BCUT2D eigenvalue weighted by Crippen LogP contribution is -2.35. The van der Waals surface area contributed by atoms with Crippen molar-refractivity contribution in [1.82, 2.24) is 0 Å². The fraction of sp³-hybridized carbons (Fsp3) is 0.529. The maximum atomic E-state index is 12.7. The second-order valence-corrected chi connectivity index (χ2v) is 6.76. The van der Waals surface area contributed by atoms with Crippen molar-refractivity contribution in [3.05, 3.63) is 35.9 Å². The largest absolute Gasteiger partial charge is 0.300 e. The molecule has 2 heteroatoms. The number of Topliss-reactive ketones (excluding diaryl/α,β-unsaturated/α-hetero) is 2. The van der Waals surface area contributed by atoms with Gasteiger partial charge in [0.05, 0.1) is 0 Å². The highest BCUT2D eigenvalue weighted by Crippen LogP contribution is 2.56. The molecule has 0 aliphatic heterocycles. The highest BCUT2D eigenvalue weighted by atomic mass is 16.1. The maximum absolute atomic E-state index is 12.7. The standard InChI is InChI=1S/C17H20O2/c1-17(2)10-12-8-13(18)9-14(17)15(12)16(19)11-6-4-3-5-7-11/h3-7,12,14-15H,8-10H2,1-2H3/t12?,14?,15-/m1/s1. The Morgan fingerprint density at radius 2 is 1.84 bits per heavy atom. The van der Waals surface area contributed by atoms with Crippen molar-refractivity contribution in [2.24, 2.45) is 23.2 Å². The zero-order valence-electron chi connectivity index (χ0n) is 11.6. The van der Waals surface area contributed by atoms with Gasteiger partial charge in [-0.1, -0.05) is 44.2 Å². The van der Waals surface area contributed by atoms with Crippen LogP contribution in [0.4, 0.5) is 0 Å². The Labute approximate surface area is 114 Å². The van der Waals surface area contributed by atoms with Crippen LogP contribution in [0, 0.1) is 23.2 Å². The summed E-state index contributed by atoms with van der Waals surface area (Å²) in [5, 5.41) is 0. The van der Waals surface area contributed by atoms with E-state index in [1.54, 1.807) is 0 Å². The van der Waals surface area contributed by atoms with E-state index in [1.165, 1.54) is 0 Å². The summed E-state index contributed by atoms with van der Waals surface area (Å²) in [7, 11) is 0. The first-order chi connectivity index (χ1) is 8.99. The number of benzene rings is 1. The van der Waals surface area contributed by atoms with Gasteiger partial charge in [0.15, 0.2) is 5.78 Å². The van der Waals surface area contributed by atoms with Crippen molar-refractivity contribution in [1.29, 1.82) is 0 Å². The first-order valence-corrected chi connectivity index (χ1v) is 7.10. The molecule has 0 radical (unpaired) electrons. The van der Waals surface area contributed by atoms with Gasteiger partial charge in [0.2, 0.25) is 0 Å². The normalized spacial score (nSPS) is 32.3. The van der Waals surface area contributed by atoms with Crippen LogP contribution < -0.4 is 0 Å². The zero-order chi connectivity index (χ0) is 13.6. The van der Waals surface area contributed by atoms with Gasteiger partial charge < -0.3 is 0 Å². The van der Waals surface area contributed by atoms with Crippen LogP contribution >= 0.6 is 0 Å². The Balaban J connectivity index is 1.94. The molecule has 0 spiro atoms. The Kier molecular flexibility index (Phi) is 2.84. The molecule has 2 aliphatic rings. The molecule has 2 unspecified atom stereocenters. The van der Waals surface area contributed by atoms with Crippen LogP contribution in [-0.4, -0.2) is 11.6 Å². The summed E-state index contributed by atoms with van der Waals surface area (Å²) < 4.78 is 0. The molecule has 0 aromatic heterocycles. The fourth-order valence-corrected chi connectivity index (χ4v) is 4.18. The van der Waals surface area contributed by atoms with E-state index in [0.717, 1.165) is 12.0 Å². The van der Waals surface area contributed by atoms with E-state index in [4.69, 9.17) is 0 Å². The van der Waals surface area contributed by atoms with Gasteiger partial charge in [-0.25, -0.2) is 0 Å². The first kappa shape index (κ1) is 12.6. The lowest BCUT2D eigenvalue weighted by atomic mass is 9.70. The van der Waals surface area contributed by atoms with E-state index in [2.05, 4.69) is 13.8 Å². The van der Waals surface area contributed by atoms with Crippen LogP contribution in [0.15, 0.2) is 30.3 Å². The summed E-state index contributed by atoms with van der Waals surface area (Å²) in [6, 6.07) is 9.54. The van der Waals surface area contributed by atoms with Gasteiger partial charge in [-0.05, 0) is 23.7 Å². The van der Waals surface area contributed by atoms with E-state index in [0.29, 0.717) is 18.6 Å². The minimum Gasteiger partial charge on any atom is -0.300 e. The molecule has 2 bridgehead atoms. The summed E-state index contributed by atoms with van der Waals surface area (Å²) in [5.41, 5.74) is 0.918. The average molecular weight is 256 g/mol. The molecule has 2 aliphatic carbocycles. The molecular formula is C17H20O2. The molecule has 19 heavy (non-hydrogen) atoms. The Morgan fingerprint density at radius 3 is 2.47 bits per heavy atom. The molecule has 2 nitrogen and oxygen atoms in total. The second-order valence-electron chi connectivity index (χ2n) is 6.76. The van der Waals surface area contributed by atoms with E-state index in [9.17, 15) is 9.59 Å². The molecule has 100 valence electrons. The van der Waals surface area contributed by atoms with E-state index < -0.39 is 0 Å². The highest BCUT2D eigenvalue weighted by Gasteiger charge is 2.54. The van der Waals surface area contributed by atoms with E-state index in [1.807, 2.05) is 30.3 Å². The molecular weight excluding hydrogens is 236 g/mol. The number of hydrogen-bond acceptors (Lipinski definition) is 2. The van der Waals surface area contributed by atoms with Gasteiger partial charge in [0.1, 0.15) is 5.78 Å². The fourth-order valence-electron chi connectivity index (χ4n) is 4.18. The Bertz CT molecular complexity index is 515. The minimum atomic E-state index is 0.0510. The van der Waals surface area contributed by atoms with Gasteiger partial charge in [0, 0.05) is 24.3 Å². The Morgan fingerprint density at radius 1 is 1.16 bits per heavy atom. The van der Waals surface area contributed by atoms with Gasteiger partial charge in [-0.3, -0.25) is 9.59 Å².